The zero-order chi connectivity index (χ0) is 16.8. The van der Waals surface area contributed by atoms with Gasteiger partial charge in [0.2, 0.25) is 0 Å². The number of benzene rings is 1. The fraction of sp³-hybridized carbons (Fsp3) is 0.133. The molecule has 0 aliphatic carbocycles. The van der Waals surface area contributed by atoms with Gasteiger partial charge in [-0.15, -0.1) is 0 Å². The van der Waals surface area contributed by atoms with Crippen LogP contribution in [0.5, 0.6) is 6.01 Å². The van der Waals surface area contributed by atoms with Gasteiger partial charge in [-0.25, -0.2) is 19.3 Å². The van der Waals surface area contributed by atoms with Gasteiger partial charge in [0.15, 0.2) is 10.8 Å². The largest absolute Gasteiger partial charge is 0.479 e. The first-order chi connectivity index (χ1) is 11.5. The highest BCUT2D eigenvalue weighted by molar-refractivity contribution is 7.98. The fourth-order valence-corrected chi connectivity index (χ4v) is 2.78. The molecule has 4 aromatic rings. The maximum atomic E-state index is 13.4. The van der Waals surface area contributed by atoms with E-state index in [-0.39, 0.29) is 11.8 Å². The third-order valence-electron chi connectivity index (χ3n) is 3.51. The number of aromatic nitrogens is 6. The van der Waals surface area contributed by atoms with Crippen LogP contribution in [0.2, 0.25) is 0 Å². The molecule has 0 aliphatic rings. The lowest BCUT2D eigenvalue weighted by molar-refractivity contribution is 0.404. The van der Waals surface area contributed by atoms with Gasteiger partial charge in [0.05, 0.1) is 16.7 Å². The summed E-state index contributed by atoms with van der Waals surface area (Å²) in [5.41, 5.74) is 3.12. The Balaban J connectivity index is 1.95. The lowest BCUT2D eigenvalue weighted by Crippen LogP contribution is -1.98. The van der Waals surface area contributed by atoms with Gasteiger partial charge in [0.25, 0.3) is 0 Å². The quantitative estimate of drug-likeness (QED) is 0.560. The zero-order valence-electron chi connectivity index (χ0n) is 12.7. The Bertz CT molecular complexity index is 1100. The van der Waals surface area contributed by atoms with Crippen molar-refractivity contribution in [3.05, 3.63) is 35.8 Å². The summed E-state index contributed by atoms with van der Waals surface area (Å²) in [7, 11) is 0. The first kappa shape index (κ1) is 14.8. The van der Waals surface area contributed by atoms with Gasteiger partial charge >= 0.3 is 6.01 Å². The van der Waals surface area contributed by atoms with Crippen molar-refractivity contribution >= 4 is 28.4 Å². The summed E-state index contributed by atoms with van der Waals surface area (Å²) in [4.78, 5) is 17.1. The van der Waals surface area contributed by atoms with E-state index in [0.29, 0.717) is 38.9 Å². The number of rotatable bonds is 2. The fourth-order valence-electron chi connectivity index (χ4n) is 2.42. The molecule has 1 N–H and O–H groups in total. The molecule has 0 bridgehead atoms. The minimum atomic E-state index is -0.380. The number of hydrogen-bond acceptors (Lipinski definition) is 7. The molecule has 1 aromatic carbocycles. The molecule has 3 aromatic heterocycles. The predicted molar refractivity (Wildman–Crippen MR) is 87.5 cm³/mol. The van der Waals surface area contributed by atoms with Crippen molar-refractivity contribution in [3.63, 3.8) is 0 Å². The van der Waals surface area contributed by atoms with Gasteiger partial charge in [0, 0.05) is 12.1 Å². The molecule has 0 radical (unpaired) electrons. The lowest BCUT2D eigenvalue weighted by atomic mass is 10.2. The Labute approximate surface area is 139 Å². The molecule has 120 valence electrons. The van der Waals surface area contributed by atoms with Crippen LogP contribution < -0.4 is 0 Å². The molecule has 0 spiro atoms. The number of thioether (sulfide) groups is 1. The van der Waals surface area contributed by atoms with E-state index in [2.05, 4.69) is 25.0 Å². The van der Waals surface area contributed by atoms with E-state index in [4.69, 9.17) is 0 Å². The van der Waals surface area contributed by atoms with Crippen LogP contribution in [0, 0.1) is 12.7 Å². The molecule has 0 atom stereocenters. The van der Waals surface area contributed by atoms with Gasteiger partial charge in [0.1, 0.15) is 17.2 Å². The van der Waals surface area contributed by atoms with Crippen LogP contribution in [-0.4, -0.2) is 40.9 Å². The van der Waals surface area contributed by atoms with Crippen LogP contribution in [0.1, 0.15) is 5.69 Å². The second-order valence-electron chi connectivity index (χ2n) is 5.10. The average Bonchev–Trinajstić information content (AvgIpc) is 2.99. The Kier molecular flexibility index (Phi) is 3.31. The molecule has 4 rings (SSSR count). The van der Waals surface area contributed by atoms with E-state index in [9.17, 15) is 9.50 Å². The molecule has 0 unspecified atom stereocenters. The van der Waals surface area contributed by atoms with Crippen molar-refractivity contribution in [2.45, 2.75) is 12.1 Å². The van der Waals surface area contributed by atoms with Crippen LogP contribution in [-0.2, 0) is 0 Å². The monoisotopic (exact) mass is 342 g/mol. The van der Waals surface area contributed by atoms with Gasteiger partial charge in [-0.1, -0.05) is 11.8 Å². The van der Waals surface area contributed by atoms with Gasteiger partial charge in [-0.2, -0.15) is 14.6 Å². The summed E-state index contributed by atoms with van der Waals surface area (Å²) < 4.78 is 14.7. The number of hydrogen-bond donors (Lipinski definition) is 1. The second kappa shape index (κ2) is 5.38. The van der Waals surface area contributed by atoms with Crippen molar-refractivity contribution < 1.29 is 9.50 Å². The molecule has 0 aliphatic heterocycles. The third kappa shape index (κ3) is 2.33. The van der Waals surface area contributed by atoms with Crippen LogP contribution in [0.25, 0.3) is 28.1 Å². The van der Waals surface area contributed by atoms with Gasteiger partial charge in [-0.3, -0.25) is 0 Å². The van der Waals surface area contributed by atoms with E-state index in [1.165, 1.54) is 28.4 Å². The first-order valence-corrected chi connectivity index (χ1v) is 8.22. The highest BCUT2D eigenvalue weighted by Gasteiger charge is 2.15. The Morgan fingerprint density at radius 3 is 2.71 bits per heavy atom. The van der Waals surface area contributed by atoms with E-state index >= 15 is 0 Å². The summed E-state index contributed by atoms with van der Waals surface area (Å²) in [5.74, 6) is -0.380. The number of aryl methyl sites for hydroxylation is 1. The third-order valence-corrected chi connectivity index (χ3v) is 4.06. The topological polar surface area (TPSA) is 89.1 Å². The van der Waals surface area contributed by atoms with Crippen LogP contribution in [0.4, 0.5) is 4.39 Å². The van der Waals surface area contributed by atoms with Crippen LogP contribution in [0.15, 0.2) is 29.4 Å². The van der Waals surface area contributed by atoms with Crippen molar-refractivity contribution in [2.24, 2.45) is 0 Å². The number of nitrogens with zero attached hydrogens (tertiary/aromatic N) is 6. The van der Waals surface area contributed by atoms with Crippen molar-refractivity contribution in [3.8, 4) is 17.4 Å². The first-order valence-electron chi connectivity index (χ1n) is 7.00. The van der Waals surface area contributed by atoms with E-state index in [0.717, 1.165) is 0 Å². The van der Waals surface area contributed by atoms with Crippen molar-refractivity contribution in [2.75, 3.05) is 6.26 Å². The SMILES string of the molecule is CSc1nc(O)n2nc(-c3nc4cc(F)ccc4nc3C)cc2n1. The van der Waals surface area contributed by atoms with Crippen molar-refractivity contribution in [1.82, 2.24) is 29.5 Å². The molecular weight excluding hydrogens is 331 g/mol. The normalized spacial score (nSPS) is 11.5. The minimum Gasteiger partial charge on any atom is -0.479 e. The maximum Gasteiger partial charge on any atom is 0.319 e. The van der Waals surface area contributed by atoms with Crippen molar-refractivity contribution in [1.29, 1.82) is 0 Å². The van der Waals surface area contributed by atoms with Crippen LogP contribution in [0.3, 0.4) is 0 Å². The molecule has 0 saturated heterocycles. The Morgan fingerprint density at radius 1 is 1.08 bits per heavy atom. The average molecular weight is 342 g/mol. The molecule has 24 heavy (non-hydrogen) atoms. The summed E-state index contributed by atoms with van der Waals surface area (Å²) in [6.45, 7) is 1.80. The minimum absolute atomic E-state index is 0.256. The number of fused-ring (bicyclic) bond motifs is 2. The van der Waals surface area contributed by atoms with E-state index < -0.39 is 0 Å². The molecule has 0 saturated carbocycles. The predicted octanol–water partition coefficient (Wildman–Crippen LogP) is 2.61. The lowest BCUT2D eigenvalue weighted by Gasteiger charge is -2.04. The summed E-state index contributed by atoms with van der Waals surface area (Å²) in [5, 5.41) is 14.7. The smallest absolute Gasteiger partial charge is 0.319 e. The summed E-state index contributed by atoms with van der Waals surface area (Å²) in [6.07, 6.45) is 1.82. The summed E-state index contributed by atoms with van der Waals surface area (Å²) >= 11 is 1.32. The van der Waals surface area contributed by atoms with Gasteiger partial charge in [-0.05, 0) is 25.3 Å². The van der Waals surface area contributed by atoms with E-state index in [1.807, 2.05) is 6.26 Å². The standard InChI is InChI=1S/C15H11FN6OS/c1-7-13(18-10-5-8(16)3-4-9(10)17-7)11-6-12-19-14(24-2)20-15(23)22(12)21-11/h3-6H,1-2H3,(H,19,20,23). The molecule has 0 amide bonds. The van der Waals surface area contributed by atoms with Gasteiger partial charge < -0.3 is 5.11 Å². The van der Waals surface area contributed by atoms with Crippen LogP contribution >= 0.6 is 11.8 Å². The maximum absolute atomic E-state index is 13.4. The zero-order valence-corrected chi connectivity index (χ0v) is 13.5. The Morgan fingerprint density at radius 2 is 1.92 bits per heavy atom. The number of halogens is 1. The molecule has 7 nitrogen and oxygen atoms in total. The summed E-state index contributed by atoms with van der Waals surface area (Å²) in [6, 6.07) is 5.68. The molecular formula is C15H11FN6OS. The highest BCUT2D eigenvalue weighted by atomic mass is 32.2. The van der Waals surface area contributed by atoms with E-state index in [1.54, 1.807) is 19.1 Å². The Hall–Kier alpha value is -2.81. The molecule has 9 heteroatoms. The highest BCUT2D eigenvalue weighted by Crippen LogP contribution is 2.25. The second-order valence-corrected chi connectivity index (χ2v) is 5.87. The molecule has 0 fully saturated rings. The molecule has 3 heterocycles. The number of aromatic hydroxyl groups is 1.